The molecule has 1 aromatic carbocycles. The number of carbonyl (C=O) groups excluding carboxylic acids is 1. The molecule has 2 aromatic heterocycles. The summed E-state index contributed by atoms with van der Waals surface area (Å²) in [5.41, 5.74) is 0.523. The van der Waals surface area contributed by atoms with Crippen molar-refractivity contribution in [1.82, 2.24) is 5.32 Å². The molecular weight excluding hydrogens is 384 g/mol. The maximum Gasteiger partial charge on any atom is 0.319 e. The van der Waals surface area contributed by atoms with E-state index >= 15 is 0 Å². The summed E-state index contributed by atoms with van der Waals surface area (Å²) in [7, 11) is 3.06. The van der Waals surface area contributed by atoms with Crippen LogP contribution in [0.1, 0.15) is 20.7 Å². The van der Waals surface area contributed by atoms with Crippen molar-refractivity contribution >= 4 is 34.4 Å². The van der Waals surface area contributed by atoms with Crippen molar-refractivity contribution in [3.63, 3.8) is 0 Å². The lowest BCUT2D eigenvalue weighted by atomic mass is 10.2. The van der Waals surface area contributed by atoms with Crippen LogP contribution < -0.4 is 20.1 Å². The number of hydrogen-bond donors (Lipinski definition) is 3. The van der Waals surface area contributed by atoms with Gasteiger partial charge in [-0.3, -0.25) is 0 Å². The summed E-state index contributed by atoms with van der Waals surface area (Å²) in [5, 5.41) is 17.9. The third-order valence-electron chi connectivity index (χ3n) is 3.84. The summed E-state index contributed by atoms with van der Waals surface area (Å²) in [6.07, 6.45) is -0.626. The summed E-state index contributed by atoms with van der Waals surface area (Å²) in [4.78, 5) is 14.9. The van der Waals surface area contributed by atoms with E-state index in [0.29, 0.717) is 23.7 Å². The van der Waals surface area contributed by atoms with E-state index in [0.717, 1.165) is 14.6 Å². The van der Waals surface area contributed by atoms with Crippen molar-refractivity contribution in [3.8, 4) is 11.5 Å². The summed E-state index contributed by atoms with van der Waals surface area (Å²) < 4.78 is 10.5. The van der Waals surface area contributed by atoms with Gasteiger partial charge >= 0.3 is 6.03 Å². The minimum absolute atomic E-state index is 0.352. The molecule has 6 nitrogen and oxygen atoms in total. The van der Waals surface area contributed by atoms with E-state index < -0.39 is 6.10 Å². The largest absolute Gasteiger partial charge is 0.493 e. The molecule has 0 aliphatic heterocycles. The molecule has 3 N–H and O–H groups in total. The van der Waals surface area contributed by atoms with E-state index in [1.165, 1.54) is 29.8 Å². The van der Waals surface area contributed by atoms with Crippen LogP contribution in [0.3, 0.4) is 0 Å². The zero-order chi connectivity index (χ0) is 19.2. The first-order chi connectivity index (χ1) is 13.1. The van der Waals surface area contributed by atoms with Gasteiger partial charge in [0.15, 0.2) is 11.5 Å². The third kappa shape index (κ3) is 4.60. The van der Waals surface area contributed by atoms with Crippen LogP contribution >= 0.6 is 22.7 Å². The lowest BCUT2D eigenvalue weighted by molar-refractivity contribution is 0.228. The van der Waals surface area contributed by atoms with Crippen molar-refractivity contribution < 1.29 is 19.4 Å². The third-order valence-corrected chi connectivity index (χ3v) is 5.90. The molecule has 2 heterocycles. The molecule has 2 amide bonds. The standard InChI is InChI=1S/C19H20N2O4S2/c1-24-14-6-3-5-13(18(14)25-2)21-19(23)20-11-12-8-9-16(27-12)17(22)15-7-4-10-26-15/h3-10,17,22H,11H2,1-2H3,(H2,20,21,23). The van der Waals surface area contributed by atoms with Gasteiger partial charge in [-0.1, -0.05) is 12.1 Å². The Morgan fingerprint density at radius 1 is 1.11 bits per heavy atom. The highest BCUT2D eigenvalue weighted by atomic mass is 32.1. The van der Waals surface area contributed by atoms with Crippen LogP contribution in [0.2, 0.25) is 0 Å². The van der Waals surface area contributed by atoms with Crippen molar-refractivity contribution in [2.45, 2.75) is 12.6 Å². The second-order valence-corrected chi connectivity index (χ2v) is 7.75. The highest BCUT2D eigenvalue weighted by Gasteiger charge is 2.15. The number of anilines is 1. The molecule has 0 radical (unpaired) electrons. The summed E-state index contributed by atoms with van der Waals surface area (Å²) in [6.45, 7) is 0.361. The minimum Gasteiger partial charge on any atom is -0.493 e. The van der Waals surface area contributed by atoms with Crippen molar-refractivity contribution in [1.29, 1.82) is 0 Å². The Bertz CT molecular complexity index is 893. The monoisotopic (exact) mass is 404 g/mol. The number of aliphatic hydroxyl groups excluding tert-OH is 1. The van der Waals surface area contributed by atoms with Crippen LogP contribution in [-0.4, -0.2) is 25.4 Å². The van der Waals surface area contributed by atoms with E-state index in [1.54, 1.807) is 25.3 Å². The van der Waals surface area contributed by atoms with Crippen LogP contribution in [0.15, 0.2) is 47.8 Å². The van der Waals surface area contributed by atoms with E-state index in [9.17, 15) is 9.90 Å². The van der Waals surface area contributed by atoms with Gasteiger partial charge in [-0.05, 0) is 35.7 Å². The Kier molecular flexibility index (Phi) is 6.33. The highest BCUT2D eigenvalue weighted by molar-refractivity contribution is 7.12. The van der Waals surface area contributed by atoms with Gasteiger partial charge in [0.25, 0.3) is 0 Å². The number of ether oxygens (including phenoxy) is 2. The molecule has 27 heavy (non-hydrogen) atoms. The molecule has 0 fully saturated rings. The van der Waals surface area contributed by atoms with Crippen LogP contribution in [-0.2, 0) is 6.54 Å². The molecule has 0 spiro atoms. The number of hydrogen-bond acceptors (Lipinski definition) is 6. The van der Waals surface area contributed by atoms with Crippen LogP contribution in [0, 0.1) is 0 Å². The minimum atomic E-state index is -0.626. The zero-order valence-electron chi connectivity index (χ0n) is 14.9. The lowest BCUT2D eigenvalue weighted by Gasteiger charge is -2.13. The first kappa shape index (κ1) is 19.2. The van der Waals surface area contributed by atoms with Gasteiger partial charge in [0, 0.05) is 14.6 Å². The van der Waals surface area contributed by atoms with E-state index in [1.807, 2.05) is 29.6 Å². The van der Waals surface area contributed by atoms with E-state index in [2.05, 4.69) is 10.6 Å². The first-order valence-corrected chi connectivity index (χ1v) is 9.88. The summed E-state index contributed by atoms with van der Waals surface area (Å²) in [5.74, 6) is 1.01. The summed E-state index contributed by atoms with van der Waals surface area (Å²) in [6, 6.07) is 12.5. The van der Waals surface area contributed by atoms with Crippen LogP contribution in [0.4, 0.5) is 10.5 Å². The Morgan fingerprint density at radius 2 is 1.96 bits per heavy atom. The molecule has 142 valence electrons. The Hall–Kier alpha value is -2.55. The van der Waals surface area contributed by atoms with Gasteiger partial charge in [-0.15, -0.1) is 22.7 Å². The smallest absolute Gasteiger partial charge is 0.319 e. The predicted octanol–water partition coefficient (Wildman–Crippen LogP) is 4.23. The summed E-state index contributed by atoms with van der Waals surface area (Å²) >= 11 is 2.99. The maximum absolute atomic E-state index is 12.2. The predicted molar refractivity (Wildman–Crippen MR) is 108 cm³/mol. The molecule has 1 atom stereocenters. The fourth-order valence-corrected chi connectivity index (χ4v) is 4.30. The molecular formula is C19H20N2O4S2. The van der Waals surface area contributed by atoms with Crippen molar-refractivity contribution in [2.24, 2.45) is 0 Å². The quantitative estimate of drug-likeness (QED) is 0.551. The number of carbonyl (C=O) groups is 1. The van der Waals surface area contributed by atoms with Crippen LogP contribution in [0.25, 0.3) is 0 Å². The van der Waals surface area contributed by atoms with Crippen molar-refractivity contribution in [3.05, 3.63) is 62.5 Å². The second kappa shape index (κ2) is 8.90. The SMILES string of the molecule is COc1cccc(NC(=O)NCc2ccc(C(O)c3cccs3)s2)c1OC. The number of para-hydroxylation sites is 1. The van der Waals surface area contributed by atoms with E-state index in [4.69, 9.17) is 9.47 Å². The fourth-order valence-electron chi connectivity index (χ4n) is 2.54. The second-order valence-electron chi connectivity index (χ2n) is 5.57. The van der Waals surface area contributed by atoms with Gasteiger partial charge in [-0.2, -0.15) is 0 Å². The van der Waals surface area contributed by atoms with E-state index in [-0.39, 0.29) is 6.03 Å². The topological polar surface area (TPSA) is 79.8 Å². The number of benzene rings is 1. The highest BCUT2D eigenvalue weighted by Crippen LogP contribution is 2.34. The molecule has 8 heteroatoms. The lowest BCUT2D eigenvalue weighted by Crippen LogP contribution is -2.28. The Balaban J connectivity index is 1.59. The number of aliphatic hydroxyl groups is 1. The van der Waals surface area contributed by atoms with Gasteiger partial charge in [0.05, 0.1) is 26.5 Å². The molecule has 3 aromatic rings. The molecule has 1 unspecified atom stereocenters. The Labute approximate surface area is 165 Å². The number of rotatable bonds is 7. The normalized spacial score (nSPS) is 11.7. The number of nitrogens with one attached hydrogen (secondary N) is 2. The molecule has 3 rings (SSSR count). The van der Waals surface area contributed by atoms with Gasteiger partial charge in [0.2, 0.25) is 0 Å². The number of methoxy groups -OCH3 is 2. The fraction of sp³-hybridized carbons (Fsp3) is 0.211. The van der Waals surface area contributed by atoms with Crippen LogP contribution in [0.5, 0.6) is 11.5 Å². The molecule has 0 bridgehead atoms. The molecule has 0 saturated heterocycles. The molecule has 0 aliphatic carbocycles. The average molecular weight is 405 g/mol. The maximum atomic E-state index is 12.2. The molecule has 0 saturated carbocycles. The van der Waals surface area contributed by atoms with Gasteiger partial charge in [-0.25, -0.2) is 4.79 Å². The first-order valence-electron chi connectivity index (χ1n) is 8.18. The zero-order valence-corrected chi connectivity index (χ0v) is 16.5. The van der Waals surface area contributed by atoms with Crippen molar-refractivity contribution in [2.75, 3.05) is 19.5 Å². The average Bonchev–Trinajstić information content (AvgIpc) is 3.37. The van der Waals surface area contributed by atoms with Gasteiger partial charge < -0.3 is 25.2 Å². The number of thiophene rings is 2. The van der Waals surface area contributed by atoms with Gasteiger partial charge in [0.1, 0.15) is 6.10 Å². The molecule has 0 aliphatic rings. The number of urea groups is 1. The Morgan fingerprint density at radius 3 is 2.67 bits per heavy atom. The number of amides is 2.